The van der Waals surface area contributed by atoms with Gasteiger partial charge in [-0.2, -0.15) is 0 Å². The molecule has 0 spiro atoms. The Morgan fingerprint density at radius 2 is 1.40 bits per heavy atom. The summed E-state index contributed by atoms with van der Waals surface area (Å²) >= 11 is 0. The molecule has 1 aromatic heterocycles. The van der Waals surface area contributed by atoms with Crippen molar-refractivity contribution in [3.8, 4) is 11.5 Å². The van der Waals surface area contributed by atoms with Crippen molar-refractivity contribution >= 4 is 5.91 Å². The molecule has 0 saturated heterocycles. The van der Waals surface area contributed by atoms with Gasteiger partial charge in [0.25, 0.3) is 5.91 Å². The molecule has 1 N–H and O–H groups in total. The molecule has 5 nitrogen and oxygen atoms in total. The predicted octanol–water partition coefficient (Wildman–Crippen LogP) is 5.89. The lowest BCUT2D eigenvalue weighted by molar-refractivity contribution is -0.700. The van der Waals surface area contributed by atoms with Crippen LogP contribution in [0.2, 0.25) is 0 Å². The molecule has 0 saturated carbocycles. The van der Waals surface area contributed by atoms with Crippen LogP contribution in [0.1, 0.15) is 136 Å². The average Bonchev–Trinajstić information content (AvgIpc) is 2.98. The van der Waals surface area contributed by atoms with Crippen LogP contribution in [0.3, 0.4) is 0 Å². The number of amides is 1. The number of ether oxygens (including phenoxy) is 2. The van der Waals surface area contributed by atoms with Crippen LogP contribution in [0.25, 0.3) is 0 Å². The molecule has 0 bridgehead atoms. The smallest absolute Gasteiger partial charge is 0.257 e. The second kappa shape index (κ2) is 23.5. The van der Waals surface area contributed by atoms with E-state index in [2.05, 4.69) is 56.8 Å². The van der Waals surface area contributed by atoms with Crippen LogP contribution < -0.4 is 43.3 Å². The quantitative estimate of drug-likeness (QED) is 0.0891. The van der Waals surface area contributed by atoms with E-state index < -0.39 is 0 Å². The largest absolute Gasteiger partial charge is 1.00 e. The zero-order valence-corrected chi connectivity index (χ0v) is 30.2. The van der Waals surface area contributed by atoms with Gasteiger partial charge in [0, 0.05) is 30.7 Å². The Hall–Kier alpha value is -1.83. The first-order valence-electron chi connectivity index (χ1n) is 17.0. The summed E-state index contributed by atoms with van der Waals surface area (Å²) in [5.74, 6) is 1.51. The van der Waals surface area contributed by atoms with Gasteiger partial charge in [0.05, 0.1) is 6.61 Å². The van der Waals surface area contributed by atoms with Crippen molar-refractivity contribution in [3.05, 3.63) is 53.9 Å². The van der Waals surface area contributed by atoms with Crippen LogP contribution in [-0.2, 0) is 23.2 Å². The lowest BCUT2D eigenvalue weighted by atomic mass is 9.86. The van der Waals surface area contributed by atoms with E-state index in [9.17, 15) is 4.79 Å². The molecule has 43 heavy (non-hydrogen) atoms. The molecule has 2 rings (SSSR count). The molecular formula is C37H61IN2O3. The topological polar surface area (TPSA) is 51.4 Å². The van der Waals surface area contributed by atoms with Crippen molar-refractivity contribution in [2.75, 3.05) is 19.8 Å². The van der Waals surface area contributed by atoms with Crippen LogP contribution in [0.4, 0.5) is 0 Å². The Labute approximate surface area is 280 Å². The number of benzene rings is 1. The third-order valence-corrected chi connectivity index (χ3v) is 7.96. The second-order valence-corrected chi connectivity index (χ2v) is 12.7. The standard InChI is InChI=1S/C37H60N2O3.HI/c1-6-8-9-10-11-12-13-14-15-16-17-18-19-22-29-41-35-25-24-33(30-34(35)37(3,4)5)42-31-36(40)38-27-26-32-23-20-21-28-39(32)7-2;/h20-21,23-25,28,30H,6-19,22,26-27,29,31H2,1-5H3;1H. The first kappa shape index (κ1) is 39.2. The molecule has 0 fully saturated rings. The van der Waals surface area contributed by atoms with E-state index in [1.165, 1.54) is 89.2 Å². The summed E-state index contributed by atoms with van der Waals surface area (Å²) in [4.78, 5) is 12.4. The number of rotatable bonds is 23. The van der Waals surface area contributed by atoms with Gasteiger partial charge in [-0.1, -0.05) is 117 Å². The zero-order valence-electron chi connectivity index (χ0n) is 28.0. The molecule has 0 unspecified atom stereocenters. The minimum Gasteiger partial charge on any atom is -1.00 e. The van der Waals surface area contributed by atoms with Crippen molar-refractivity contribution in [2.24, 2.45) is 0 Å². The fraction of sp³-hybridized carbons (Fsp3) is 0.676. The second-order valence-electron chi connectivity index (χ2n) is 12.7. The highest BCUT2D eigenvalue weighted by Gasteiger charge is 2.20. The Bertz CT molecular complexity index is 1010. The number of carbonyl (C=O) groups is 1. The molecular weight excluding hydrogens is 647 g/mol. The highest BCUT2D eigenvalue weighted by molar-refractivity contribution is 5.77. The molecule has 0 aliphatic carbocycles. The van der Waals surface area contributed by atoms with Gasteiger partial charge >= 0.3 is 0 Å². The lowest BCUT2D eigenvalue weighted by Gasteiger charge is -2.24. The Kier molecular flexibility index (Phi) is 21.5. The van der Waals surface area contributed by atoms with Crippen LogP contribution in [0.15, 0.2) is 42.6 Å². The third kappa shape index (κ3) is 17.3. The van der Waals surface area contributed by atoms with Crippen molar-refractivity contribution in [2.45, 2.75) is 143 Å². The maximum absolute atomic E-state index is 12.4. The average molecular weight is 709 g/mol. The summed E-state index contributed by atoms with van der Waals surface area (Å²) in [6.45, 7) is 13.2. The summed E-state index contributed by atoms with van der Waals surface area (Å²) in [6, 6.07) is 12.1. The van der Waals surface area contributed by atoms with E-state index in [-0.39, 0.29) is 41.9 Å². The normalized spacial score (nSPS) is 11.2. The maximum Gasteiger partial charge on any atom is 0.257 e. The number of unbranched alkanes of at least 4 members (excludes halogenated alkanes) is 13. The molecule has 0 aliphatic heterocycles. The van der Waals surface area contributed by atoms with Gasteiger partial charge in [0.2, 0.25) is 0 Å². The number of nitrogens with zero attached hydrogens (tertiary/aromatic N) is 1. The first-order valence-corrected chi connectivity index (χ1v) is 17.0. The number of nitrogens with one attached hydrogen (secondary N) is 1. The predicted molar refractivity (Wildman–Crippen MR) is 175 cm³/mol. The summed E-state index contributed by atoms with van der Waals surface area (Å²) in [5, 5.41) is 2.98. The molecule has 0 aliphatic rings. The number of hydrogen-bond acceptors (Lipinski definition) is 3. The van der Waals surface area contributed by atoms with Crippen molar-refractivity contribution in [1.29, 1.82) is 0 Å². The van der Waals surface area contributed by atoms with Crippen molar-refractivity contribution < 1.29 is 42.8 Å². The van der Waals surface area contributed by atoms with E-state index in [0.717, 1.165) is 37.3 Å². The summed E-state index contributed by atoms with van der Waals surface area (Å²) < 4.78 is 14.3. The Morgan fingerprint density at radius 1 is 0.791 bits per heavy atom. The monoisotopic (exact) mass is 708 g/mol. The molecule has 2 aromatic rings. The van der Waals surface area contributed by atoms with Gasteiger partial charge in [-0.05, 0) is 37.0 Å². The molecule has 1 amide bonds. The van der Waals surface area contributed by atoms with E-state index in [1.807, 2.05) is 30.3 Å². The highest BCUT2D eigenvalue weighted by Crippen LogP contribution is 2.34. The number of aromatic nitrogens is 1. The zero-order chi connectivity index (χ0) is 30.5. The summed E-state index contributed by atoms with van der Waals surface area (Å²) in [5.41, 5.74) is 2.23. The van der Waals surface area contributed by atoms with Gasteiger partial charge in [0.15, 0.2) is 18.5 Å². The summed E-state index contributed by atoms with van der Waals surface area (Å²) in [6.07, 6.45) is 21.8. The van der Waals surface area contributed by atoms with Crippen LogP contribution in [0, 0.1) is 0 Å². The van der Waals surface area contributed by atoms with Gasteiger partial charge in [-0.15, -0.1) is 0 Å². The Morgan fingerprint density at radius 3 is 1.98 bits per heavy atom. The number of halogens is 1. The maximum atomic E-state index is 12.4. The molecule has 1 aromatic carbocycles. The van der Waals surface area contributed by atoms with Crippen LogP contribution in [-0.4, -0.2) is 25.7 Å². The minimum atomic E-state index is -0.107. The molecule has 1 heterocycles. The number of pyridine rings is 1. The van der Waals surface area contributed by atoms with E-state index in [4.69, 9.17) is 9.47 Å². The van der Waals surface area contributed by atoms with Crippen LogP contribution in [0.5, 0.6) is 11.5 Å². The molecule has 244 valence electrons. The summed E-state index contributed by atoms with van der Waals surface area (Å²) in [7, 11) is 0. The Balaban J connectivity index is 0.00000924. The molecule has 6 heteroatoms. The number of hydrogen-bond donors (Lipinski definition) is 1. The first-order chi connectivity index (χ1) is 20.3. The lowest BCUT2D eigenvalue weighted by Crippen LogP contribution is -3.00. The SMILES string of the molecule is CCCCCCCCCCCCCCCCOc1ccc(OCC(=O)NCCc2cccc[n+]2CC)cc1C(C)(C)C.[I-]. The van der Waals surface area contributed by atoms with Crippen molar-refractivity contribution in [3.63, 3.8) is 0 Å². The van der Waals surface area contributed by atoms with Gasteiger partial charge in [0.1, 0.15) is 18.0 Å². The fourth-order valence-corrected chi connectivity index (χ4v) is 5.37. The molecule has 0 radical (unpaired) electrons. The molecule has 0 atom stereocenters. The number of carbonyl (C=O) groups excluding carboxylic acids is 1. The third-order valence-electron chi connectivity index (χ3n) is 7.96. The number of aryl methyl sites for hydroxylation is 1. The fourth-order valence-electron chi connectivity index (χ4n) is 5.37. The van der Waals surface area contributed by atoms with Gasteiger partial charge in [-0.3, -0.25) is 4.79 Å². The van der Waals surface area contributed by atoms with Crippen molar-refractivity contribution in [1.82, 2.24) is 5.32 Å². The van der Waals surface area contributed by atoms with Crippen LogP contribution >= 0.6 is 0 Å². The highest BCUT2D eigenvalue weighted by atomic mass is 127. The minimum absolute atomic E-state index is 0. The van der Waals surface area contributed by atoms with E-state index in [1.54, 1.807) is 0 Å². The van der Waals surface area contributed by atoms with E-state index in [0.29, 0.717) is 12.3 Å². The van der Waals surface area contributed by atoms with E-state index >= 15 is 0 Å². The van der Waals surface area contributed by atoms with Gasteiger partial charge in [-0.25, -0.2) is 4.57 Å². The van der Waals surface area contributed by atoms with Gasteiger partial charge < -0.3 is 38.8 Å².